The van der Waals surface area contributed by atoms with Crippen molar-refractivity contribution in [3.8, 4) is 5.95 Å². The van der Waals surface area contributed by atoms with Gasteiger partial charge >= 0.3 is 0 Å². The summed E-state index contributed by atoms with van der Waals surface area (Å²) in [6.07, 6.45) is 0.835. The average molecular weight is 265 g/mol. The zero-order valence-electron chi connectivity index (χ0n) is 10.4. The van der Waals surface area contributed by atoms with Gasteiger partial charge in [-0.3, -0.25) is 4.79 Å². The second-order valence-corrected chi connectivity index (χ2v) is 5.21. The smallest absolute Gasteiger partial charge is 0.287 e. The summed E-state index contributed by atoms with van der Waals surface area (Å²) in [6.45, 7) is 2.67. The highest BCUT2D eigenvalue weighted by Gasteiger charge is 2.10. The monoisotopic (exact) mass is 265 g/mol. The fraction of sp³-hybridized carbons (Fsp3) is 0.308. The molecule has 1 N–H and O–H groups in total. The molecule has 2 heterocycles. The molecule has 2 rings (SSSR count). The molecule has 2 aromatic heterocycles. The lowest BCUT2D eigenvalue weighted by Crippen LogP contribution is -2.25. The van der Waals surface area contributed by atoms with Crippen molar-refractivity contribution in [1.29, 1.82) is 0 Å². The molecule has 5 heteroatoms. The second kappa shape index (κ2) is 5.73. The Labute approximate surface area is 110 Å². The number of methoxy groups -OCH3 is 1. The molecule has 0 saturated heterocycles. The van der Waals surface area contributed by atoms with Crippen LogP contribution in [0.3, 0.4) is 0 Å². The SMILES string of the molecule is COc1ccc(C(=O)NCCc2ccc(C)s2)o1. The number of carbonyl (C=O) groups is 1. The molecule has 0 aromatic carbocycles. The van der Waals surface area contributed by atoms with Crippen LogP contribution in [0.5, 0.6) is 5.95 Å². The number of nitrogens with one attached hydrogen (secondary N) is 1. The topological polar surface area (TPSA) is 51.5 Å². The Kier molecular flexibility index (Phi) is 4.04. The highest BCUT2D eigenvalue weighted by molar-refractivity contribution is 7.11. The predicted octanol–water partition coefficient (Wildman–Crippen LogP) is 2.63. The standard InChI is InChI=1S/C13H15NO3S/c1-9-3-4-10(18-9)7-8-14-13(15)11-5-6-12(16-2)17-11/h3-6H,7-8H2,1-2H3,(H,14,15). The van der Waals surface area contributed by atoms with Gasteiger partial charge in [0.25, 0.3) is 11.9 Å². The van der Waals surface area contributed by atoms with Crippen LogP contribution in [0.15, 0.2) is 28.7 Å². The molecule has 0 aliphatic heterocycles. The van der Waals surface area contributed by atoms with Crippen molar-refractivity contribution in [2.45, 2.75) is 13.3 Å². The maximum absolute atomic E-state index is 11.7. The Morgan fingerprint density at radius 3 is 2.83 bits per heavy atom. The second-order valence-electron chi connectivity index (χ2n) is 3.84. The van der Waals surface area contributed by atoms with Crippen molar-refractivity contribution in [2.24, 2.45) is 0 Å². The zero-order valence-corrected chi connectivity index (χ0v) is 11.2. The first-order chi connectivity index (χ1) is 8.69. The van der Waals surface area contributed by atoms with Crippen LogP contribution < -0.4 is 10.1 Å². The molecule has 0 bridgehead atoms. The van der Waals surface area contributed by atoms with Gasteiger partial charge in [0.1, 0.15) is 0 Å². The number of hydrogen-bond donors (Lipinski definition) is 1. The number of aryl methyl sites for hydroxylation is 1. The van der Waals surface area contributed by atoms with Gasteiger partial charge in [0.15, 0.2) is 5.76 Å². The van der Waals surface area contributed by atoms with Crippen molar-refractivity contribution in [3.63, 3.8) is 0 Å². The lowest BCUT2D eigenvalue weighted by atomic mass is 10.3. The van der Waals surface area contributed by atoms with Crippen molar-refractivity contribution in [2.75, 3.05) is 13.7 Å². The fourth-order valence-electron chi connectivity index (χ4n) is 1.56. The van der Waals surface area contributed by atoms with Crippen LogP contribution in [0, 0.1) is 6.92 Å². The van der Waals surface area contributed by atoms with E-state index in [1.165, 1.54) is 16.9 Å². The van der Waals surface area contributed by atoms with E-state index in [1.54, 1.807) is 23.5 Å². The Morgan fingerprint density at radius 2 is 2.22 bits per heavy atom. The van der Waals surface area contributed by atoms with Crippen molar-refractivity contribution >= 4 is 17.2 Å². The summed E-state index contributed by atoms with van der Waals surface area (Å²) in [7, 11) is 1.50. The highest BCUT2D eigenvalue weighted by atomic mass is 32.1. The normalized spacial score (nSPS) is 10.3. The van der Waals surface area contributed by atoms with Crippen LogP contribution in [-0.4, -0.2) is 19.6 Å². The van der Waals surface area contributed by atoms with Gasteiger partial charge in [-0.2, -0.15) is 0 Å². The molecule has 0 spiro atoms. The molecule has 0 atom stereocenters. The van der Waals surface area contributed by atoms with E-state index in [1.807, 2.05) is 0 Å². The molecule has 0 saturated carbocycles. The third-order valence-corrected chi connectivity index (χ3v) is 3.52. The predicted molar refractivity (Wildman–Crippen MR) is 70.4 cm³/mol. The first-order valence-electron chi connectivity index (χ1n) is 5.66. The summed E-state index contributed by atoms with van der Waals surface area (Å²) in [6, 6.07) is 7.39. The minimum Gasteiger partial charge on any atom is -0.468 e. The van der Waals surface area contributed by atoms with E-state index >= 15 is 0 Å². The molecule has 0 aliphatic rings. The molecular formula is C13H15NO3S. The lowest BCUT2D eigenvalue weighted by Gasteiger charge is -2.01. The van der Waals surface area contributed by atoms with Crippen LogP contribution >= 0.6 is 11.3 Å². The number of ether oxygens (including phenoxy) is 1. The number of hydrogen-bond acceptors (Lipinski definition) is 4. The molecule has 18 heavy (non-hydrogen) atoms. The van der Waals surface area contributed by atoms with Crippen LogP contribution in [0.2, 0.25) is 0 Å². The summed E-state index contributed by atoms with van der Waals surface area (Å²) in [5.41, 5.74) is 0. The number of rotatable bonds is 5. The van der Waals surface area contributed by atoms with Crippen molar-refractivity contribution < 1.29 is 13.9 Å². The molecule has 1 amide bonds. The molecule has 2 aromatic rings. The van der Waals surface area contributed by atoms with Gasteiger partial charge in [-0.25, -0.2) is 0 Å². The number of amides is 1. The molecular weight excluding hydrogens is 250 g/mol. The Hall–Kier alpha value is -1.75. The molecule has 0 aliphatic carbocycles. The van der Waals surface area contributed by atoms with E-state index < -0.39 is 0 Å². The summed E-state index contributed by atoms with van der Waals surface area (Å²) in [4.78, 5) is 14.3. The maximum Gasteiger partial charge on any atom is 0.287 e. The highest BCUT2D eigenvalue weighted by Crippen LogP contribution is 2.16. The third-order valence-electron chi connectivity index (χ3n) is 2.46. The number of thiophene rings is 1. The largest absolute Gasteiger partial charge is 0.468 e. The first-order valence-corrected chi connectivity index (χ1v) is 6.48. The first kappa shape index (κ1) is 12.7. The Bertz CT molecular complexity index is 530. The van der Waals surface area contributed by atoms with Crippen molar-refractivity contribution in [1.82, 2.24) is 5.32 Å². The molecule has 4 nitrogen and oxygen atoms in total. The van der Waals surface area contributed by atoms with Gasteiger partial charge in [-0.1, -0.05) is 0 Å². The molecule has 0 radical (unpaired) electrons. The van der Waals surface area contributed by atoms with Crippen LogP contribution in [0.25, 0.3) is 0 Å². The van der Waals surface area contributed by atoms with Gasteiger partial charge in [0.2, 0.25) is 0 Å². The van der Waals surface area contributed by atoms with E-state index in [9.17, 15) is 4.79 Å². The van der Waals surface area contributed by atoms with Gasteiger partial charge in [-0.15, -0.1) is 11.3 Å². The third kappa shape index (κ3) is 3.13. The molecule has 96 valence electrons. The summed E-state index contributed by atoms with van der Waals surface area (Å²) < 4.78 is 10.0. The Morgan fingerprint density at radius 1 is 1.39 bits per heavy atom. The molecule has 0 fully saturated rings. The van der Waals surface area contributed by atoms with E-state index in [-0.39, 0.29) is 11.7 Å². The minimum atomic E-state index is -0.216. The van der Waals surface area contributed by atoms with E-state index in [0.29, 0.717) is 12.5 Å². The summed E-state index contributed by atoms with van der Waals surface area (Å²) in [5, 5.41) is 2.81. The van der Waals surface area contributed by atoms with E-state index in [2.05, 4.69) is 24.4 Å². The van der Waals surface area contributed by atoms with Crippen LogP contribution in [0.1, 0.15) is 20.3 Å². The van der Waals surface area contributed by atoms with Gasteiger partial charge in [-0.05, 0) is 31.5 Å². The zero-order chi connectivity index (χ0) is 13.0. The van der Waals surface area contributed by atoms with E-state index in [4.69, 9.17) is 9.15 Å². The van der Waals surface area contributed by atoms with Crippen molar-refractivity contribution in [3.05, 3.63) is 39.8 Å². The van der Waals surface area contributed by atoms with Crippen LogP contribution in [0.4, 0.5) is 0 Å². The summed E-state index contributed by atoms with van der Waals surface area (Å²) >= 11 is 1.75. The van der Waals surface area contributed by atoms with Gasteiger partial charge in [0.05, 0.1) is 7.11 Å². The quantitative estimate of drug-likeness (QED) is 0.904. The van der Waals surface area contributed by atoms with Crippen LogP contribution in [-0.2, 0) is 6.42 Å². The number of furan rings is 1. The fourth-order valence-corrected chi connectivity index (χ4v) is 2.45. The average Bonchev–Trinajstić information content (AvgIpc) is 2.98. The lowest BCUT2D eigenvalue weighted by molar-refractivity contribution is 0.0920. The number of carbonyl (C=O) groups excluding carboxylic acids is 1. The van der Waals surface area contributed by atoms with Gasteiger partial charge < -0.3 is 14.5 Å². The molecule has 0 unspecified atom stereocenters. The maximum atomic E-state index is 11.7. The summed E-state index contributed by atoms with van der Waals surface area (Å²) in [5.74, 6) is 0.398. The van der Waals surface area contributed by atoms with Gasteiger partial charge in [0, 0.05) is 22.4 Å². The Balaban J connectivity index is 1.81. The van der Waals surface area contributed by atoms with E-state index in [0.717, 1.165) is 6.42 Å². The minimum absolute atomic E-state index is 0.216.